The zero-order chi connectivity index (χ0) is 13.1. The van der Waals surface area contributed by atoms with Crippen LogP contribution in [-0.2, 0) is 0 Å². The smallest absolute Gasteiger partial charge is 0.124 e. The summed E-state index contributed by atoms with van der Waals surface area (Å²) in [5.41, 5.74) is 14.3. The average Bonchev–Trinajstić information content (AvgIpc) is 2.74. The molecule has 0 saturated heterocycles. The maximum absolute atomic E-state index is 6.05. The highest BCUT2D eigenvalue weighted by Gasteiger charge is 2.13. The van der Waals surface area contributed by atoms with Gasteiger partial charge in [0.15, 0.2) is 0 Å². The molecule has 1 unspecified atom stereocenters. The van der Waals surface area contributed by atoms with E-state index < -0.39 is 0 Å². The van der Waals surface area contributed by atoms with Gasteiger partial charge in [0, 0.05) is 12.1 Å². The van der Waals surface area contributed by atoms with E-state index in [0.717, 1.165) is 35.4 Å². The van der Waals surface area contributed by atoms with Gasteiger partial charge >= 0.3 is 0 Å². The molecule has 0 aliphatic heterocycles. The van der Waals surface area contributed by atoms with Crippen molar-refractivity contribution in [2.45, 2.75) is 32.7 Å². The quantitative estimate of drug-likeness (QED) is 0.708. The van der Waals surface area contributed by atoms with Crippen molar-refractivity contribution in [2.24, 2.45) is 5.73 Å². The maximum atomic E-state index is 6.05. The fourth-order valence-corrected chi connectivity index (χ4v) is 2.01. The molecule has 0 aliphatic carbocycles. The van der Waals surface area contributed by atoms with E-state index in [2.05, 4.69) is 16.9 Å². The van der Waals surface area contributed by atoms with Crippen molar-refractivity contribution in [1.29, 1.82) is 0 Å². The summed E-state index contributed by atoms with van der Waals surface area (Å²) in [5.74, 6) is 1.54. The van der Waals surface area contributed by atoms with Gasteiger partial charge in [-0.1, -0.05) is 13.3 Å². The second-order valence-electron chi connectivity index (χ2n) is 4.36. The summed E-state index contributed by atoms with van der Waals surface area (Å²) in [5, 5.41) is 0. The van der Waals surface area contributed by atoms with Crippen LogP contribution in [-0.4, -0.2) is 16.6 Å². The first-order valence-electron chi connectivity index (χ1n) is 6.33. The number of anilines is 1. The number of hydrogen-bond donors (Lipinski definition) is 3. The number of nitrogens with one attached hydrogen (secondary N) is 1. The number of nitrogens with zero attached hydrogens (tertiary/aromatic N) is 1. The zero-order valence-electron chi connectivity index (χ0n) is 10.9. The average molecular weight is 248 g/mol. The highest BCUT2D eigenvalue weighted by atomic mass is 16.5. The molecule has 5 N–H and O–H groups in total. The number of ether oxygens (including phenoxy) is 1. The third-order valence-electron chi connectivity index (χ3n) is 2.87. The Balaban J connectivity index is 2.40. The number of nitrogens with two attached hydrogens (primary N) is 2. The van der Waals surface area contributed by atoms with Crippen LogP contribution in [0.5, 0.6) is 5.75 Å². The number of imidazole rings is 1. The lowest BCUT2D eigenvalue weighted by Gasteiger charge is -2.05. The fraction of sp³-hybridized carbons (Fsp3) is 0.462. The Labute approximate surface area is 107 Å². The molecule has 1 aromatic carbocycles. The van der Waals surface area contributed by atoms with Gasteiger partial charge in [0.05, 0.1) is 23.9 Å². The van der Waals surface area contributed by atoms with E-state index in [9.17, 15) is 0 Å². The Morgan fingerprint density at radius 1 is 1.39 bits per heavy atom. The van der Waals surface area contributed by atoms with E-state index in [4.69, 9.17) is 16.2 Å². The zero-order valence-corrected chi connectivity index (χ0v) is 10.9. The molecular formula is C13H20N4O. The van der Waals surface area contributed by atoms with Crippen LogP contribution in [0.25, 0.3) is 11.0 Å². The van der Waals surface area contributed by atoms with Crippen molar-refractivity contribution < 1.29 is 4.74 Å². The summed E-state index contributed by atoms with van der Waals surface area (Å²) in [6.07, 6.45) is 1.93. The first-order valence-corrected chi connectivity index (χ1v) is 6.33. The third kappa shape index (κ3) is 2.41. The lowest BCUT2D eigenvalue weighted by Crippen LogP contribution is -2.11. The summed E-state index contributed by atoms with van der Waals surface area (Å²) >= 11 is 0. The van der Waals surface area contributed by atoms with Gasteiger partial charge in [-0.25, -0.2) is 4.98 Å². The monoisotopic (exact) mass is 248 g/mol. The molecule has 18 heavy (non-hydrogen) atoms. The largest absolute Gasteiger partial charge is 0.494 e. The summed E-state index contributed by atoms with van der Waals surface area (Å²) < 4.78 is 5.45. The fourth-order valence-electron chi connectivity index (χ4n) is 2.01. The van der Waals surface area contributed by atoms with Crippen molar-refractivity contribution >= 4 is 16.7 Å². The predicted octanol–water partition coefficient (Wildman–Crippen LogP) is 2.34. The van der Waals surface area contributed by atoms with Crippen molar-refractivity contribution in [3.05, 3.63) is 18.0 Å². The topological polar surface area (TPSA) is 89.9 Å². The molecule has 0 amide bonds. The number of aromatic amines is 1. The van der Waals surface area contributed by atoms with Crippen molar-refractivity contribution in [3.63, 3.8) is 0 Å². The van der Waals surface area contributed by atoms with Crippen LogP contribution in [0.1, 0.15) is 38.6 Å². The van der Waals surface area contributed by atoms with Gasteiger partial charge in [0.1, 0.15) is 17.1 Å². The van der Waals surface area contributed by atoms with Crippen molar-refractivity contribution in [2.75, 3.05) is 12.3 Å². The molecule has 2 rings (SSSR count). The number of fused-ring (bicyclic) bond motifs is 1. The van der Waals surface area contributed by atoms with Crippen molar-refractivity contribution in [1.82, 2.24) is 9.97 Å². The summed E-state index contributed by atoms with van der Waals surface area (Å²) in [6, 6.07) is 3.63. The summed E-state index contributed by atoms with van der Waals surface area (Å²) in [4.78, 5) is 7.69. The second kappa shape index (κ2) is 5.27. The highest BCUT2D eigenvalue weighted by Crippen LogP contribution is 2.27. The molecule has 0 aliphatic rings. The molecule has 1 heterocycles. The predicted molar refractivity (Wildman–Crippen MR) is 73.5 cm³/mol. The SMILES string of the molecule is CCCC(N)c1nc2c(N)cc(OCC)cc2[nH]1. The highest BCUT2D eigenvalue weighted by molar-refractivity contribution is 5.88. The van der Waals surface area contributed by atoms with Crippen molar-refractivity contribution in [3.8, 4) is 5.75 Å². The molecule has 1 aromatic heterocycles. The van der Waals surface area contributed by atoms with Gasteiger partial charge in [-0.2, -0.15) is 0 Å². The summed E-state index contributed by atoms with van der Waals surface area (Å²) in [6.45, 7) is 4.65. The first kappa shape index (κ1) is 12.7. The normalized spacial score (nSPS) is 12.8. The van der Waals surface area contributed by atoms with E-state index in [1.165, 1.54) is 0 Å². The Hall–Kier alpha value is -1.75. The van der Waals surface area contributed by atoms with Crippen LogP contribution < -0.4 is 16.2 Å². The van der Waals surface area contributed by atoms with Gasteiger partial charge in [-0.15, -0.1) is 0 Å². The molecule has 0 radical (unpaired) electrons. The van der Waals surface area contributed by atoms with Gasteiger partial charge in [0.2, 0.25) is 0 Å². The number of hydrogen-bond acceptors (Lipinski definition) is 4. The van der Waals surface area contributed by atoms with Gasteiger partial charge in [-0.05, 0) is 13.3 Å². The molecule has 5 heteroatoms. The van der Waals surface area contributed by atoms with Crippen LogP contribution >= 0.6 is 0 Å². The van der Waals surface area contributed by atoms with Crippen LogP contribution in [0, 0.1) is 0 Å². The Morgan fingerprint density at radius 3 is 2.83 bits per heavy atom. The molecule has 98 valence electrons. The molecule has 0 saturated carbocycles. The third-order valence-corrected chi connectivity index (χ3v) is 2.87. The van der Waals surface area contributed by atoms with E-state index in [0.29, 0.717) is 12.3 Å². The standard InChI is InChI=1S/C13H20N4O/c1-3-5-9(14)13-16-11-7-8(18-4-2)6-10(15)12(11)17-13/h6-7,9H,3-5,14-15H2,1-2H3,(H,16,17). The molecule has 0 spiro atoms. The number of H-pyrrole nitrogens is 1. The Kier molecular flexibility index (Phi) is 3.72. The maximum Gasteiger partial charge on any atom is 0.124 e. The number of aromatic nitrogens is 2. The van der Waals surface area contributed by atoms with E-state index >= 15 is 0 Å². The van der Waals surface area contributed by atoms with Crippen LogP contribution in [0.15, 0.2) is 12.1 Å². The minimum Gasteiger partial charge on any atom is -0.494 e. The lowest BCUT2D eigenvalue weighted by atomic mass is 10.2. The van der Waals surface area contributed by atoms with Crippen LogP contribution in [0.4, 0.5) is 5.69 Å². The molecule has 0 bridgehead atoms. The number of benzene rings is 1. The number of rotatable bonds is 5. The van der Waals surface area contributed by atoms with Crippen LogP contribution in [0.3, 0.4) is 0 Å². The Bertz CT molecular complexity index is 535. The van der Waals surface area contributed by atoms with Crippen LogP contribution in [0.2, 0.25) is 0 Å². The Morgan fingerprint density at radius 2 is 2.17 bits per heavy atom. The van der Waals surface area contributed by atoms with Gasteiger partial charge in [-0.3, -0.25) is 0 Å². The first-order chi connectivity index (χ1) is 8.65. The molecular weight excluding hydrogens is 228 g/mol. The minimum atomic E-state index is -0.0719. The molecule has 2 aromatic rings. The van der Waals surface area contributed by atoms with E-state index in [-0.39, 0.29) is 6.04 Å². The molecule has 0 fully saturated rings. The minimum absolute atomic E-state index is 0.0719. The number of nitrogen functional groups attached to an aromatic ring is 1. The summed E-state index contributed by atoms with van der Waals surface area (Å²) in [7, 11) is 0. The second-order valence-corrected chi connectivity index (χ2v) is 4.36. The van der Waals surface area contributed by atoms with E-state index in [1.54, 1.807) is 6.07 Å². The van der Waals surface area contributed by atoms with Gasteiger partial charge < -0.3 is 21.2 Å². The van der Waals surface area contributed by atoms with E-state index in [1.807, 2.05) is 13.0 Å². The lowest BCUT2D eigenvalue weighted by molar-refractivity contribution is 0.341. The molecule has 1 atom stereocenters. The van der Waals surface area contributed by atoms with Gasteiger partial charge in [0.25, 0.3) is 0 Å². The molecule has 5 nitrogen and oxygen atoms in total.